The Balaban J connectivity index is 1.19. The molecule has 260 valence electrons. The molecule has 0 fully saturated rings. The zero-order chi connectivity index (χ0) is 36.8. The maximum atomic E-state index is 2.42. The highest BCUT2D eigenvalue weighted by atomic mass is 15.1. The Bertz CT molecular complexity index is 3150. The van der Waals surface area contributed by atoms with E-state index in [9.17, 15) is 0 Å². The number of fused-ring (bicyclic) bond motifs is 17. The number of hydrogen-bond donors (Lipinski definition) is 0. The molecule has 10 aromatic rings. The van der Waals surface area contributed by atoms with E-state index in [0.29, 0.717) is 0 Å². The fraction of sp³-hybridized carbons (Fsp3) is 0.0182. The lowest BCUT2D eigenvalue weighted by Gasteiger charge is -2.33. The second-order valence-electron chi connectivity index (χ2n) is 15.1. The Kier molecular flexibility index (Phi) is 6.62. The van der Waals surface area contributed by atoms with E-state index in [0.717, 1.165) is 17.1 Å². The molecule has 0 unspecified atom stereocenters. The molecule has 12 rings (SSSR count). The van der Waals surface area contributed by atoms with Crippen LogP contribution in [0, 0.1) is 0 Å². The summed E-state index contributed by atoms with van der Waals surface area (Å²) in [4.78, 5) is 2.42. The van der Waals surface area contributed by atoms with E-state index in [2.05, 4.69) is 217 Å². The molecule has 0 saturated heterocycles. The number of anilines is 3. The van der Waals surface area contributed by atoms with Crippen LogP contribution in [-0.4, -0.2) is 0 Å². The van der Waals surface area contributed by atoms with E-state index in [4.69, 9.17) is 0 Å². The first-order valence-electron chi connectivity index (χ1n) is 19.5. The summed E-state index contributed by atoms with van der Waals surface area (Å²) in [5, 5.41) is 7.74. The quantitative estimate of drug-likeness (QED) is 0.164. The van der Waals surface area contributed by atoms with Crippen molar-refractivity contribution < 1.29 is 0 Å². The molecule has 2 aliphatic rings. The van der Waals surface area contributed by atoms with Crippen LogP contribution >= 0.6 is 0 Å². The van der Waals surface area contributed by atoms with Gasteiger partial charge < -0.3 is 4.90 Å². The first-order chi connectivity index (χ1) is 27.8. The van der Waals surface area contributed by atoms with Crippen LogP contribution in [0.25, 0.3) is 65.7 Å². The summed E-state index contributed by atoms with van der Waals surface area (Å²) in [7, 11) is 0. The average molecular weight is 710 g/mol. The molecule has 10 aromatic carbocycles. The van der Waals surface area contributed by atoms with Crippen LogP contribution in [0.15, 0.2) is 212 Å². The van der Waals surface area contributed by atoms with E-state index in [1.165, 1.54) is 88.0 Å². The van der Waals surface area contributed by atoms with Crippen LogP contribution in [0.1, 0.15) is 22.3 Å². The summed E-state index contributed by atoms with van der Waals surface area (Å²) in [6, 6.07) is 78.7. The lowest BCUT2D eigenvalue weighted by atomic mass is 9.68. The van der Waals surface area contributed by atoms with Crippen LogP contribution < -0.4 is 4.90 Å². The van der Waals surface area contributed by atoms with Crippen molar-refractivity contribution >= 4 is 49.4 Å². The molecule has 56 heavy (non-hydrogen) atoms. The van der Waals surface area contributed by atoms with Crippen molar-refractivity contribution in [2.45, 2.75) is 5.41 Å². The van der Waals surface area contributed by atoms with Crippen molar-refractivity contribution in [2.24, 2.45) is 0 Å². The van der Waals surface area contributed by atoms with E-state index < -0.39 is 5.41 Å². The van der Waals surface area contributed by atoms with Gasteiger partial charge in [-0.25, -0.2) is 0 Å². The summed E-state index contributed by atoms with van der Waals surface area (Å²) in [6.07, 6.45) is 0. The van der Waals surface area contributed by atoms with Gasteiger partial charge in [0, 0.05) is 16.9 Å². The Morgan fingerprint density at radius 2 is 0.875 bits per heavy atom. The predicted molar refractivity (Wildman–Crippen MR) is 235 cm³/mol. The first-order valence-corrected chi connectivity index (χ1v) is 19.5. The number of para-hydroxylation sites is 2. The van der Waals surface area contributed by atoms with Crippen LogP contribution in [0.5, 0.6) is 0 Å². The largest absolute Gasteiger partial charge is 0.310 e. The molecule has 0 aromatic heterocycles. The van der Waals surface area contributed by atoms with Gasteiger partial charge >= 0.3 is 0 Å². The van der Waals surface area contributed by atoms with Crippen molar-refractivity contribution in [1.29, 1.82) is 0 Å². The van der Waals surface area contributed by atoms with Gasteiger partial charge in [0.15, 0.2) is 0 Å². The molecule has 0 bridgehead atoms. The van der Waals surface area contributed by atoms with Crippen molar-refractivity contribution in [2.75, 3.05) is 4.90 Å². The molecule has 0 heterocycles. The minimum absolute atomic E-state index is 0.498. The number of benzene rings is 10. The molecule has 0 aliphatic heterocycles. The number of rotatable bonds is 4. The molecule has 2 aliphatic carbocycles. The lowest BCUT2D eigenvalue weighted by Crippen LogP contribution is -2.26. The van der Waals surface area contributed by atoms with Gasteiger partial charge in [0.05, 0.1) is 11.1 Å². The Morgan fingerprint density at radius 3 is 1.59 bits per heavy atom. The van der Waals surface area contributed by atoms with Gasteiger partial charge in [0.25, 0.3) is 0 Å². The van der Waals surface area contributed by atoms with Gasteiger partial charge in [0.1, 0.15) is 0 Å². The molecule has 0 radical (unpaired) electrons. The van der Waals surface area contributed by atoms with Crippen LogP contribution in [0.2, 0.25) is 0 Å². The van der Waals surface area contributed by atoms with Gasteiger partial charge in [-0.2, -0.15) is 0 Å². The van der Waals surface area contributed by atoms with Crippen LogP contribution in [-0.2, 0) is 5.41 Å². The summed E-state index contributed by atoms with van der Waals surface area (Å²) < 4.78 is 0. The minimum Gasteiger partial charge on any atom is -0.310 e. The van der Waals surface area contributed by atoms with Gasteiger partial charge in [-0.05, 0) is 113 Å². The summed E-state index contributed by atoms with van der Waals surface area (Å²) in [6.45, 7) is 0. The van der Waals surface area contributed by atoms with E-state index in [1.54, 1.807) is 0 Å². The third-order valence-electron chi connectivity index (χ3n) is 12.4. The van der Waals surface area contributed by atoms with E-state index in [1.807, 2.05) is 0 Å². The second-order valence-corrected chi connectivity index (χ2v) is 15.1. The first kappa shape index (κ1) is 31.2. The molecular formula is C55H35N. The van der Waals surface area contributed by atoms with Crippen molar-refractivity contribution in [3.05, 3.63) is 235 Å². The van der Waals surface area contributed by atoms with Crippen LogP contribution in [0.4, 0.5) is 17.1 Å². The zero-order valence-corrected chi connectivity index (χ0v) is 30.7. The topological polar surface area (TPSA) is 3.24 Å². The fourth-order valence-electron chi connectivity index (χ4n) is 10.3. The highest BCUT2D eigenvalue weighted by Crippen LogP contribution is 2.66. The Hall–Kier alpha value is -7.22. The Morgan fingerprint density at radius 1 is 0.321 bits per heavy atom. The van der Waals surface area contributed by atoms with Gasteiger partial charge in [0.2, 0.25) is 0 Å². The van der Waals surface area contributed by atoms with Crippen molar-refractivity contribution in [1.82, 2.24) is 0 Å². The molecule has 0 saturated carbocycles. The van der Waals surface area contributed by atoms with Gasteiger partial charge in [-0.3, -0.25) is 0 Å². The highest BCUT2D eigenvalue weighted by molar-refractivity contribution is 6.21. The summed E-state index contributed by atoms with van der Waals surface area (Å²) in [5.74, 6) is 0. The third-order valence-corrected chi connectivity index (χ3v) is 12.4. The van der Waals surface area contributed by atoms with Gasteiger partial charge in [-0.15, -0.1) is 0 Å². The molecule has 1 spiro atoms. The lowest BCUT2D eigenvalue weighted by molar-refractivity contribution is 0.809. The number of nitrogens with zero attached hydrogens (tertiary/aromatic N) is 1. The predicted octanol–water partition coefficient (Wildman–Crippen LogP) is 14.6. The molecule has 1 heteroatoms. The summed E-state index contributed by atoms with van der Waals surface area (Å²) >= 11 is 0. The molecular weight excluding hydrogens is 675 g/mol. The minimum atomic E-state index is -0.498. The van der Waals surface area contributed by atoms with E-state index in [-0.39, 0.29) is 0 Å². The highest BCUT2D eigenvalue weighted by Gasteiger charge is 2.53. The number of hydrogen-bond acceptors (Lipinski definition) is 1. The SMILES string of the molecule is c1ccc(-c2ccccc2N(c2ccccc2)c2ccc3c4c(ccc3c2)-c2c(c3ccccc3c3ccccc23)C42c3ccccc3-c3ccccc32)cc1. The monoisotopic (exact) mass is 709 g/mol. The zero-order valence-electron chi connectivity index (χ0n) is 30.7. The maximum absolute atomic E-state index is 2.42. The molecule has 1 nitrogen and oxygen atoms in total. The second kappa shape index (κ2) is 11.9. The summed E-state index contributed by atoms with van der Waals surface area (Å²) in [5.41, 5.74) is 16.1. The fourth-order valence-corrected chi connectivity index (χ4v) is 10.3. The van der Waals surface area contributed by atoms with Crippen molar-refractivity contribution in [3.63, 3.8) is 0 Å². The Labute approximate surface area is 326 Å². The van der Waals surface area contributed by atoms with E-state index >= 15 is 0 Å². The smallest absolute Gasteiger partial charge is 0.0737 e. The third kappa shape index (κ3) is 4.15. The van der Waals surface area contributed by atoms with Crippen molar-refractivity contribution in [3.8, 4) is 33.4 Å². The standard InChI is InChI=1S/C55H35N/c1-3-17-36(18-4-1)40-21-13-16-30-51(40)56(38-19-5-2-6-20-38)39-32-34-41-37(35-39)31-33-48-52-46-26-9-7-22-42(46)43-23-8-10-27-47(43)54(52)55(53(41)48)49-28-14-11-24-44(49)45-25-12-15-29-50(45)55/h1-35H. The molecule has 0 atom stereocenters. The normalized spacial score (nSPS) is 13.1. The van der Waals surface area contributed by atoms with Crippen LogP contribution in [0.3, 0.4) is 0 Å². The van der Waals surface area contributed by atoms with Gasteiger partial charge in [-0.1, -0.05) is 182 Å². The maximum Gasteiger partial charge on any atom is 0.0737 e. The molecule has 0 N–H and O–H groups in total. The average Bonchev–Trinajstić information content (AvgIpc) is 3.75. The molecule has 0 amide bonds.